The number of ketones is 2. The van der Waals surface area contributed by atoms with E-state index < -0.39 is 11.5 Å². The molecule has 5 rings (SSSR count). The van der Waals surface area contributed by atoms with E-state index in [1.54, 1.807) is 13.3 Å². The highest BCUT2D eigenvalue weighted by atomic mass is 35.5. The second kappa shape index (κ2) is 10.5. The molecular weight excluding hydrogens is 486 g/mol. The molecule has 3 aliphatic rings. The highest BCUT2D eigenvalue weighted by Crippen LogP contribution is 2.41. The Kier molecular flexibility index (Phi) is 7.45. The maximum atomic E-state index is 13.4. The molecule has 1 aromatic heterocycles. The summed E-state index contributed by atoms with van der Waals surface area (Å²) in [4.78, 5) is 35.4. The van der Waals surface area contributed by atoms with E-state index in [0.29, 0.717) is 12.0 Å². The molecule has 0 spiro atoms. The van der Waals surface area contributed by atoms with Gasteiger partial charge < -0.3 is 14.5 Å². The van der Waals surface area contributed by atoms with Gasteiger partial charge in [-0.2, -0.15) is 0 Å². The molecule has 2 aliphatic carbocycles. The van der Waals surface area contributed by atoms with E-state index in [4.69, 9.17) is 21.3 Å². The summed E-state index contributed by atoms with van der Waals surface area (Å²) in [6.45, 7) is 6.14. The van der Waals surface area contributed by atoms with Crippen LogP contribution in [0.15, 0.2) is 30.5 Å². The standard InChI is InChI=1S/C30H38ClN3O3/c1-17-22(15-25(31)29(36)30(17)37-5)21-8-9-26-23(14-21)27(24(16-32-26)28(35)20-6-7-20)34-12-10-19(11-13-34)18(2)33(3)4/h8-9,14-20,25,30H,6-7,10-13H2,1-5H3. The van der Waals surface area contributed by atoms with Gasteiger partial charge in [-0.05, 0) is 75.9 Å². The summed E-state index contributed by atoms with van der Waals surface area (Å²) in [6, 6.07) is 6.73. The fraction of sp³-hybridized carbons (Fsp3) is 0.567. The lowest BCUT2D eigenvalue weighted by atomic mass is 9.81. The maximum absolute atomic E-state index is 13.4. The summed E-state index contributed by atoms with van der Waals surface area (Å²) in [6.07, 6.45) is 7.19. The van der Waals surface area contributed by atoms with E-state index in [1.165, 1.54) is 0 Å². The SMILES string of the molecule is COC1C(=O)C(Cl)C=C(c2ccc3ncc(C(=O)C4CC4)c(N4CCC(C(C)N(C)C)CC4)c3c2)C1C. The van der Waals surface area contributed by atoms with Crippen LogP contribution < -0.4 is 4.90 Å². The Labute approximate surface area is 225 Å². The second-order valence-electron chi connectivity index (χ2n) is 11.3. The van der Waals surface area contributed by atoms with Gasteiger partial charge in [0, 0.05) is 49.7 Å². The number of pyridine rings is 1. The maximum Gasteiger partial charge on any atom is 0.183 e. The number of ether oxygens (including phenoxy) is 1. The Balaban J connectivity index is 1.57. The lowest BCUT2D eigenvalue weighted by Gasteiger charge is -2.39. The van der Waals surface area contributed by atoms with Crippen molar-refractivity contribution in [3.8, 4) is 0 Å². The molecule has 0 radical (unpaired) electrons. The summed E-state index contributed by atoms with van der Waals surface area (Å²) >= 11 is 6.42. The molecule has 0 amide bonds. The van der Waals surface area contributed by atoms with Crippen LogP contribution in [-0.4, -0.2) is 73.3 Å². The van der Waals surface area contributed by atoms with Gasteiger partial charge in [0.15, 0.2) is 11.6 Å². The first-order valence-electron chi connectivity index (χ1n) is 13.5. The van der Waals surface area contributed by atoms with Crippen LogP contribution in [0.5, 0.6) is 0 Å². The van der Waals surface area contributed by atoms with Gasteiger partial charge in [-0.3, -0.25) is 14.6 Å². The molecule has 1 saturated heterocycles. The number of anilines is 1. The van der Waals surface area contributed by atoms with Crippen LogP contribution in [0, 0.1) is 17.8 Å². The zero-order valence-electron chi connectivity index (χ0n) is 22.5. The third-order valence-corrected chi connectivity index (χ3v) is 9.16. The van der Waals surface area contributed by atoms with Crippen molar-refractivity contribution in [2.24, 2.45) is 17.8 Å². The van der Waals surface area contributed by atoms with Gasteiger partial charge in [0.1, 0.15) is 11.5 Å². The Hall–Kier alpha value is -2.28. The van der Waals surface area contributed by atoms with Crippen LogP contribution in [0.1, 0.15) is 55.5 Å². The Bertz CT molecular complexity index is 1230. The lowest BCUT2D eigenvalue weighted by Crippen LogP contribution is -2.42. The zero-order valence-corrected chi connectivity index (χ0v) is 23.3. The van der Waals surface area contributed by atoms with Gasteiger partial charge >= 0.3 is 0 Å². The lowest BCUT2D eigenvalue weighted by molar-refractivity contribution is -0.129. The number of Topliss-reactive ketones (excluding diaryl/α,β-unsaturated/α-hetero) is 2. The molecule has 2 heterocycles. The van der Waals surface area contributed by atoms with Crippen molar-refractivity contribution in [2.75, 3.05) is 39.2 Å². The van der Waals surface area contributed by atoms with Crippen molar-refractivity contribution < 1.29 is 14.3 Å². The van der Waals surface area contributed by atoms with Gasteiger partial charge in [-0.1, -0.05) is 19.1 Å². The largest absolute Gasteiger partial charge is 0.373 e. The number of hydrogen-bond donors (Lipinski definition) is 0. The molecule has 1 aromatic carbocycles. The summed E-state index contributed by atoms with van der Waals surface area (Å²) in [7, 11) is 5.86. The van der Waals surface area contributed by atoms with Crippen molar-refractivity contribution >= 4 is 45.3 Å². The summed E-state index contributed by atoms with van der Waals surface area (Å²) in [5, 5.41) is 0.276. The first kappa shape index (κ1) is 26.3. The van der Waals surface area contributed by atoms with Crippen molar-refractivity contribution in [1.29, 1.82) is 0 Å². The monoisotopic (exact) mass is 523 g/mol. The number of nitrogens with zero attached hydrogens (tertiary/aromatic N) is 3. The average Bonchev–Trinajstić information content (AvgIpc) is 3.75. The number of benzene rings is 1. The number of fused-ring (bicyclic) bond motifs is 1. The molecule has 4 unspecified atom stereocenters. The minimum absolute atomic E-state index is 0.101. The number of aromatic nitrogens is 1. The molecule has 0 bridgehead atoms. The van der Waals surface area contributed by atoms with Crippen LogP contribution in [0.2, 0.25) is 0 Å². The molecule has 1 aliphatic heterocycles. The summed E-state index contributed by atoms with van der Waals surface area (Å²) in [5.74, 6) is 0.750. The van der Waals surface area contributed by atoms with Gasteiger partial charge in [0.2, 0.25) is 0 Å². The Morgan fingerprint density at radius 3 is 2.51 bits per heavy atom. The summed E-state index contributed by atoms with van der Waals surface area (Å²) < 4.78 is 5.53. The second-order valence-corrected chi connectivity index (χ2v) is 11.8. The van der Waals surface area contributed by atoms with Crippen molar-refractivity contribution in [3.05, 3.63) is 41.6 Å². The van der Waals surface area contributed by atoms with Crippen LogP contribution in [0.4, 0.5) is 5.69 Å². The fourth-order valence-corrected chi connectivity index (χ4v) is 6.37. The molecule has 1 saturated carbocycles. The number of rotatable bonds is 7. The van der Waals surface area contributed by atoms with Gasteiger partial charge in [0.05, 0.1) is 16.8 Å². The van der Waals surface area contributed by atoms with E-state index in [1.807, 2.05) is 25.1 Å². The normalized spacial score (nSPS) is 26.0. The quantitative estimate of drug-likeness (QED) is 0.366. The highest BCUT2D eigenvalue weighted by Gasteiger charge is 2.37. The number of carbonyl (C=O) groups is 2. The molecule has 7 heteroatoms. The minimum atomic E-state index is -0.718. The first-order valence-corrected chi connectivity index (χ1v) is 14.0. The number of methoxy groups -OCH3 is 1. The predicted octanol–water partition coefficient (Wildman–Crippen LogP) is 5.22. The molecule has 2 aromatic rings. The summed E-state index contributed by atoms with van der Waals surface area (Å²) in [5.41, 5.74) is 4.63. The van der Waals surface area contributed by atoms with Crippen LogP contribution in [-0.2, 0) is 9.53 Å². The number of halogens is 1. The average molecular weight is 524 g/mol. The molecule has 6 nitrogen and oxygen atoms in total. The topological polar surface area (TPSA) is 62.7 Å². The molecule has 0 N–H and O–H groups in total. The van der Waals surface area contributed by atoms with Crippen molar-refractivity contribution in [2.45, 2.75) is 57.1 Å². The molecular formula is C30H38ClN3O3. The van der Waals surface area contributed by atoms with E-state index in [2.05, 4.69) is 36.9 Å². The molecule has 37 heavy (non-hydrogen) atoms. The first-order chi connectivity index (χ1) is 17.7. The van der Waals surface area contributed by atoms with Crippen LogP contribution >= 0.6 is 11.6 Å². The van der Waals surface area contributed by atoms with E-state index >= 15 is 0 Å². The molecule has 4 atom stereocenters. The number of piperidine rings is 1. The highest BCUT2D eigenvalue weighted by molar-refractivity contribution is 6.34. The van der Waals surface area contributed by atoms with Gasteiger partial charge in [-0.15, -0.1) is 11.6 Å². The van der Waals surface area contributed by atoms with Crippen LogP contribution in [0.3, 0.4) is 0 Å². The van der Waals surface area contributed by atoms with Gasteiger partial charge in [-0.25, -0.2) is 0 Å². The van der Waals surface area contributed by atoms with E-state index in [0.717, 1.165) is 72.1 Å². The fourth-order valence-electron chi connectivity index (χ4n) is 6.11. The number of carbonyl (C=O) groups excluding carboxylic acids is 2. The third-order valence-electron chi connectivity index (χ3n) is 8.82. The van der Waals surface area contributed by atoms with Crippen molar-refractivity contribution in [3.63, 3.8) is 0 Å². The molecule has 198 valence electrons. The minimum Gasteiger partial charge on any atom is -0.373 e. The number of allylic oxidation sites excluding steroid dienone is 1. The molecule has 2 fully saturated rings. The number of alkyl halides is 1. The Morgan fingerprint density at radius 1 is 1.19 bits per heavy atom. The van der Waals surface area contributed by atoms with Gasteiger partial charge in [0.25, 0.3) is 0 Å². The predicted molar refractivity (Wildman–Crippen MR) is 149 cm³/mol. The zero-order chi connectivity index (χ0) is 26.4. The third kappa shape index (κ3) is 4.96. The van der Waals surface area contributed by atoms with E-state index in [-0.39, 0.29) is 23.4 Å². The smallest absolute Gasteiger partial charge is 0.183 e. The van der Waals surface area contributed by atoms with Crippen LogP contribution in [0.25, 0.3) is 16.5 Å². The Morgan fingerprint density at radius 2 is 1.89 bits per heavy atom. The number of hydrogen-bond acceptors (Lipinski definition) is 6. The van der Waals surface area contributed by atoms with Crippen molar-refractivity contribution in [1.82, 2.24) is 9.88 Å². The van der Waals surface area contributed by atoms with E-state index in [9.17, 15) is 9.59 Å².